The molecule has 1 fully saturated rings. The third-order valence-corrected chi connectivity index (χ3v) is 17.5. The van der Waals surface area contributed by atoms with Crippen molar-refractivity contribution < 1.29 is 23.1 Å². The lowest BCUT2D eigenvalue weighted by Crippen LogP contribution is -2.48. The molecule has 3 atom stereocenters. The molecule has 11 heteroatoms. The summed E-state index contributed by atoms with van der Waals surface area (Å²) in [6, 6.07) is 0. The highest BCUT2D eigenvalue weighted by molar-refractivity contribution is 6.74. The van der Waals surface area contributed by atoms with E-state index in [2.05, 4.69) is 67.7 Å². The molecule has 39 heavy (non-hydrogen) atoms. The van der Waals surface area contributed by atoms with Crippen LogP contribution < -0.4 is 11.2 Å². The van der Waals surface area contributed by atoms with E-state index in [9.17, 15) is 14.4 Å². The van der Waals surface area contributed by atoms with Gasteiger partial charge in [-0.1, -0.05) is 41.5 Å². The van der Waals surface area contributed by atoms with Crippen molar-refractivity contribution in [2.75, 3.05) is 6.61 Å². The molecule has 2 heterocycles. The summed E-state index contributed by atoms with van der Waals surface area (Å²) in [6.45, 7) is 28.6. The Morgan fingerprint density at radius 2 is 1.51 bits per heavy atom. The molecule has 1 aliphatic heterocycles. The fraction of sp³-hybridized carbons (Fsp3) is 0.821. The van der Waals surface area contributed by atoms with Crippen LogP contribution in [0.25, 0.3) is 0 Å². The molecule has 1 aromatic rings. The third-order valence-electron chi connectivity index (χ3n) is 8.46. The fourth-order valence-corrected chi connectivity index (χ4v) is 6.00. The molecule has 0 N–H and O–H groups in total. The van der Waals surface area contributed by atoms with Gasteiger partial charge in [-0.15, -0.1) is 0 Å². The Morgan fingerprint density at radius 1 is 0.974 bits per heavy atom. The van der Waals surface area contributed by atoms with Crippen LogP contribution in [0.3, 0.4) is 0 Å². The van der Waals surface area contributed by atoms with Crippen LogP contribution in [0.1, 0.15) is 80.5 Å². The minimum atomic E-state index is -2.17. The third kappa shape index (κ3) is 7.81. The second kappa shape index (κ2) is 11.4. The number of carbonyl (C=O) groups excluding carboxylic acids is 1. The van der Waals surface area contributed by atoms with E-state index in [4.69, 9.17) is 18.3 Å². The van der Waals surface area contributed by atoms with Crippen molar-refractivity contribution in [1.82, 2.24) is 9.13 Å². The molecule has 0 bridgehead atoms. The average molecular weight is 585 g/mol. The second-order valence-corrected chi connectivity index (χ2v) is 24.5. The Kier molecular flexibility index (Phi) is 9.83. The Labute approximate surface area is 236 Å². The number of ether oxygens (including phenoxy) is 2. The average Bonchev–Trinajstić information content (AvgIpc) is 3.14. The van der Waals surface area contributed by atoms with E-state index in [0.717, 1.165) is 4.57 Å². The van der Waals surface area contributed by atoms with E-state index in [1.54, 1.807) is 27.7 Å². The first-order chi connectivity index (χ1) is 17.4. The highest BCUT2D eigenvalue weighted by atomic mass is 28.4. The van der Waals surface area contributed by atoms with Crippen molar-refractivity contribution in [3.63, 3.8) is 0 Å². The van der Waals surface area contributed by atoms with Crippen LogP contribution >= 0.6 is 0 Å². The van der Waals surface area contributed by atoms with Gasteiger partial charge >= 0.3 is 11.7 Å². The Balaban J connectivity index is 2.43. The van der Waals surface area contributed by atoms with E-state index in [1.165, 1.54) is 10.8 Å². The molecule has 2 rings (SSSR count). The first-order valence-electron chi connectivity index (χ1n) is 13.9. The van der Waals surface area contributed by atoms with Gasteiger partial charge in [0.05, 0.1) is 18.1 Å². The van der Waals surface area contributed by atoms with Crippen molar-refractivity contribution in [1.29, 1.82) is 0 Å². The van der Waals surface area contributed by atoms with Crippen molar-refractivity contribution >= 4 is 22.6 Å². The molecule has 1 saturated heterocycles. The molecule has 0 amide bonds. The zero-order chi connectivity index (χ0) is 30.4. The largest absolute Gasteiger partial charge is 0.443 e. The van der Waals surface area contributed by atoms with Gasteiger partial charge in [0.1, 0.15) is 12.3 Å². The molecular weight excluding hydrogens is 532 g/mol. The van der Waals surface area contributed by atoms with Crippen LogP contribution in [0.4, 0.5) is 0 Å². The summed E-state index contributed by atoms with van der Waals surface area (Å²) < 4.78 is 27.5. The molecular formula is C28H52N2O7Si2. The molecule has 0 spiro atoms. The SMILES string of the molecule is Cc1cn([C@H]2C[C@H](O[Si](C)(C)C(C)(C)C)[C@@H](CO[Si](C)(C)C(C)(C)C)O2)c(=O)n(COC(=O)C(C)(C)C)c1=O. The predicted octanol–water partition coefficient (Wildman–Crippen LogP) is 5.56. The van der Waals surface area contributed by atoms with Crippen LogP contribution in [0.2, 0.25) is 36.3 Å². The van der Waals surface area contributed by atoms with Gasteiger partial charge in [-0.2, -0.15) is 0 Å². The number of rotatable bonds is 8. The summed E-state index contributed by atoms with van der Waals surface area (Å²) in [6.07, 6.45) is 0.676. The molecule has 0 aromatic carbocycles. The highest BCUT2D eigenvalue weighted by Gasteiger charge is 2.47. The van der Waals surface area contributed by atoms with Gasteiger partial charge in [0.25, 0.3) is 5.56 Å². The molecule has 224 valence electrons. The molecule has 0 unspecified atom stereocenters. The predicted molar refractivity (Wildman–Crippen MR) is 159 cm³/mol. The van der Waals surface area contributed by atoms with E-state index in [0.29, 0.717) is 18.6 Å². The maximum atomic E-state index is 13.5. The minimum absolute atomic E-state index is 0.00644. The van der Waals surface area contributed by atoms with Crippen molar-refractivity contribution in [3.05, 3.63) is 32.6 Å². The van der Waals surface area contributed by atoms with E-state index in [1.807, 2.05) is 0 Å². The smallest absolute Gasteiger partial charge is 0.335 e. The maximum Gasteiger partial charge on any atom is 0.335 e. The van der Waals surface area contributed by atoms with Crippen LogP contribution in [0, 0.1) is 12.3 Å². The van der Waals surface area contributed by atoms with Gasteiger partial charge in [-0.25, -0.2) is 9.36 Å². The number of nitrogens with zero attached hydrogens (tertiary/aromatic N) is 2. The minimum Gasteiger partial charge on any atom is -0.443 e. The Morgan fingerprint density at radius 3 is 2.00 bits per heavy atom. The molecule has 1 aliphatic rings. The number of esters is 1. The molecule has 0 aliphatic carbocycles. The lowest BCUT2D eigenvalue weighted by molar-refractivity contribution is -0.157. The Bertz CT molecular complexity index is 1150. The van der Waals surface area contributed by atoms with Crippen LogP contribution in [-0.2, 0) is 29.9 Å². The highest BCUT2D eigenvalue weighted by Crippen LogP contribution is 2.42. The topological polar surface area (TPSA) is 98.0 Å². The number of hydrogen-bond donors (Lipinski definition) is 0. The standard InChI is InChI=1S/C28H52N2O7Si2/c1-19-16-29(25(33)30(23(19)31)18-34-24(32)26(2,3)4)22-15-20(37-39(13,14)28(8,9)10)21(36-22)17-35-38(11,12)27(5,6)7/h16,20-22H,15,17-18H2,1-14H3/t20-,21+,22+/m0/s1. The quantitative estimate of drug-likeness (QED) is 0.291. The summed E-state index contributed by atoms with van der Waals surface area (Å²) in [7, 11) is -4.22. The summed E-state index contributed by atoms with van der Waals surface area (Å²) in [5, 5.41) is 0.0301. The summed E-state index contributed by atoms with van der Waals surface area (Å²) in [5.41, 5.74) is -1.49. The van der Waals surface area contributed by atoms with Crippen molar-refractivity contribution in [2.24, 2.45) is 5.41 Å². The summed E-state index contributed by atoms with van der Waals surface area (Å²) in [5.74, 6) is -0.496. The van der Waals surface area contributed by atoms with E-state index >= 15 is 0 Å². The number of carbonyl (C=O) groups is 1. The van der Waals surface area contributed by atoms with Gasteiger partial charge in [-0.05, 0) is 64.0 Å². The van der Waals surface area contributed by atoms with Gasteiger partial charge in [0.15, 0.2) is 23.4 Å². The lowest BCUT2D eigenvalue weighted by Gasteiger charge is -2.40. The monoisotopic (exact) mass is 584 g/mol. The second-order valence-electron chi connectivity index (χ2n) is 14.9. The Hall–Kier alpha value is -1.54. The molecule has 0 radical (unpaired) electrons. The van der Waals surface area contributed by atoms with Crippen molar-refractivity contribution in [3.8, 4) is 0 Å². The summed E-state index contributed by atoms with van der Waals surface area (Å²) in [4.78, 5) is 38.6. The zero-order valence-electron chi connectivity index (χ0n) is 26.7. The molecule has 1 aromatic heterocycles. The number of hydrogen-bond acceptors (Lipinski definition) is 7. The maximum absolute atomic E-state index is 13.5. The lowest BCUT2D eigenvalue weighted by atomic mass is 9.98. The van der Waals surface area contributed by atoms with Crippen LogP contribution in [-0.4, -0.2) is 50.6 Å². The van der Waals surface area contributed by atoms with Gasteiger partial charge in [-0.3, -0.25) is 14.2 Å². The van der Waals surface area contributed by atoms with Gasteiger partial charge in [0, 0.05) is 18.2 Å². The first-order valence-corrected chi connectivity index (χ1v) is 19.7. The van der Waals surface area contributed by atoms with Gasteiger partial charge in [0.2, 0.25) is 0 Å². The molecule has 0 saturated carbocycles. The normalized spacial score (nSPS) is 21.3. The molecule has 9 nitrogen and oxygen atoms in total. The van der Waals surface area contributed by atoms with Crippen molar-refractivity contribution in [2.45, 2.75) is 137 Å². The van der Waals surface area contributed by atoms with Gasteiger partial charge < -0.3 is 18.3 Å². The summed E-state index contributed by atoms with van der Waals surface area (Å²) >= 11 is 0. The first kappa shape index (κ1) is 33.7. The number of aromatic nitrogens is 2. The fourth-order valence-electron chi connectivity index (χ4n) is 3.63. The zero-order valence-corrected chi connectivity index (χ0v) is 28.7. The van der Waals surface area contributed by atoms with E-state index < -0.39 is 52.2 Å². The van der Waals surface area contributed by atoms with E-state index in [-0.39, 0.29) is 22.3 Å². The number of aryl methyl sites for hydroxylation is 1. The van der Waals surface area contributed by atoms with Crippen LogP contribution in [0.5, 0.6) is 0 Å². The van der Waals surface area contributed by atoms with Crippen LogP contribution in [0.15, 0.2) is 15.8 Å².